The van der Waals surface area contributed by atoms with Gasteiger partial charge in [0.1, 0.15) is 22.6 Å². The first-order chi connectivity index (χ1) is 16.3. The molecule has 1 aromatic carbocycles. The number of fused-ring (bicyclic) bond motifs is 2. The minimum atomic E-state index is 0.184. The molecule has 2 fully saturated rings. The normalized spacial score (nSPS) is 21.5. The van der Waals surface area contributed by atoms with Crippen LogP contribution < -0.4 is 9.64 Å². The van der Waals surface area contributed by atoms with Gasteiger partial charge in [-0.3, -0.25) is 4.98 Å². The van der Waals surface area contributed by atoms with Crippen molar-refractivity contribution in [2.45, 2.75) is 38.2 Å². The van der Waals surface area contributed by atoms with E-state index in [9.17, 15) is 0 Å². The molecule has 33 heavy (non-hydrogen) atoms. The summed E-state index contributed by atoms with van der Waals surface area (Å²) in [6.45, 7) is 3.25. The van der Waals surface area contributed by atoms with Crippen LogP contribution in [0.2, 0.25) is 0 Å². The lowest BCUT2D eigenvalue weighted by atomic mass is 9.85. The van der Waals surface area contributed by atoms with Crippen molar-refractivity contribution in [1.29, 1.82) is 0 Å². The van der Waals surface area contributed by atoms with Crippen LogP contribution in [0.4, 0.5) is 5.69 Å². The number of morpholine rings is 1. The fourth-order valence-electron chi connectivity index (χ4n) is 4.92. The first kappa shape index (κ1) is 20.4. The van der Waals surface area contributed by atoms with Crippen molar-refractivity contribution >= 4 is 27.8 Å². The summed E-state index contributed by atoms with van der Waals surface area (Å²) in [4.78, 5) is 20.6. The maximum atomic E-state index is 6.54. The van der Waals surface area contributed by atoms with E-state index in [2.05, 4.69) is 37.0 Å². The van der Waals surface area contributed by atoms with Crippen LogP contribution in [0.1, 0.15) is 31.5 Å². The van der Waals surface area contributed by atoms with E-state index < -0.39 is 0 Å². The van der Waals surface area contributed by atoms with Gasteiger partial charge in [-0.25, -0.2) is 15.0 Å². The quantitative estimate of drug-likeness (QED) is 0.452. The molecule has 3 aromatic heterocycles. The van der Waals surface area contributed by atoms with Gasteiger partial charge in [0.2, 0.25) is 0 Å². The maximum absolute atomic E-state index is 6.54. The third kappa shape index (κ3) is 4.35. The fourth-order valence-corrected chi connectivity index (χ4v) is 4.92. The molecule has 0 bridgehead atoms. The Bertz CT molecular complexity index is 1250. The zero-order valence-corrected chi connectivity index (χ0v) is 18.5. The molecule has 1 saturated heterocycles. The van der Waals surface area contributed by atoms with E-state index in [0.29, 0.717) is 5.92 Å². The topological polar surface area (TPSA) is 86.4 Å². The summed E-state index contributed by atoms with van der Waals surface area (Å²) in [5.74, 6) is 2.30. The van der Waals surface area contributed by atoms with Gasteiger partial charge in [-0.15, -0.1) is 0 Å². The molecule has 0 unspecified atom stereocenters. The standard InChI is InChI=1S/C25H27N5O3/c1-3-19(4-2-17(1)13-24-28-16-23-20(29-24)5-10-32-23)33-22-15-18(30-8-11-31-12-9-30)14-21-25(22)27-7-6-26-21/h5-7,10,14-17,19H,1-4,8-9,11-13H2. The first-order valence-electron chi connectivity index (χ1n) is 11.7. The predicted molar refractivity (Wildman–Crippen MR) is 124 cm³/mol. The Hall–Kier alpha value is -3.26. The first-order valence-corrected chi connectivity index (χ1v) is 11.7. The Balaban J connectivity index is 1.14. The van der Waals surface area contributed by atoms with Crippen LogP contribution in [-0.2, 0) is 11.2 Å². The number of benzene rings is 1. The summed E-state index contributed by atoms with van der Waals surface area (Å²) in [7, 11) is 0. The van der Waals surface area contributed by atoms with Crippen molar-refractivity contribution in [3.05, 3.63) is 48.9 Å². The van der Waals surface area contributed by atoms with Crippen LogP contribution in [0.25, 0.3) is 22.1 Å². The Kier molecular flexibility index (Phi) is 5.51. The zero-order chi connectivity index (χ0) is 22.0. The monoisotopic (exact) mass is 445 g/mol. The number of nitrogens with zero attached hydrogens (tertiary/aromatic N) is 5. The van der Waals surface area contributed by atoms with Crippen molar-refractivity contribution in [1.82, 2.24) is 19.9 Å². The molecule has 0 atom stereocenters. The highest BCUT2D eigenvalue weighted by Gasteiger charge is 2.25. The molecular weight excluding hydrogens is 418 g/mol. The van der Waals surface area contributed by atoms with Gasteiger partial charge in [0.25, 0.3) is 0 Å². The van der Waals surface area contributed by atoms with E-state index in [0.717, 1.165) is 97.8 Å². The van der Waals surface area contributed by atoms with Gasteiger partial charge in [0.05, 0.1) is 37.3 Å². The third-order valence-corrected chi connectivity index (χ3v) is 6.71. The van der Waals surface area contributed by atoms with Gasteiger partial charge < -0.3 is 18.8 Å². The van der Waals surface area contributed by atoms with Gasteiger partial charge in [-0.1, -0.05) is 0 Å². The van der Waals surface area contributed by atoms with Crippen LogP contribution >= 0.6 is 0 Å². The molecule has 0 amide bonds. The summed E-state index contributed by atoms with van der Waals surface area (Å²) in [6, 6.07) is 6.13. The Morgan fingerprint density at radius 1 is 0.970 bits per heavy atom. The Labute approximate surface area is 192 Å². The van der Waals surface area contributed by atoms with Crippen LogP contribution in [0, 0.1) is 5.92 Å². The van der Waals surface area contributed by atoms with E-state index in [1.165, 1.54) is 0 Å². The van der Waals surface area contributed by atoms with Crippen LogP contribution in [0.5, 0.6) is 5.75 Å². The lowest BCUT2D eigenvalue weighted by Gasteiger charge is -2.31. The predicted octanol–water partition coefficient (Wildman–Crippen LogP) is 4.18. The smallest absolute Gasteiger partial charge is 0.170 e. The number of hydrogen-bond donors (Lipinski definition) is 0. The second-order valence-electron chi connectivity index (χ2n) is 8.89. The largest absolute Gasteiger partial charge is 0.488 e. The van der Waals surface area contributed by atoms with E-state index in [1.807, 2.05) is 6.07 Å². The summed E-state index contributed by atoms with van der Waals surface area (Å²) in [5.41, 5.74) is 4.45. The van der Waals surface area contributed by atoms with Gasteiger partial charge in [0.15, 0.2) is 5.58 Å². The Morgan fingerprint density at radius 3 is 2.70 bits per heavy atom. The average molecular weight is 446 g/mol. The molecule has 1 saturated carbocycles. The van der Waals surface area contributed by atoms with Gasteiger partial charge >= 0.3 is 0 Å². The van der Waals surface area contributed by atoms with E-state index in [1.54, 1.807) is 24.9 Å². The summed E-state index contributed by atoms with van der Waals surface area (Å²) in [5, 5.41) is 0. The van der Waals surface area contributed by atoms with Crippen molar-refractivity contribution in [3.8, 4) is 5.75 Å². The zero-order valence-electron chi connectivity index (χ0n) is 18.5. The second-order valence-corrected chi connectivity index (χ2v) is 8.89. The molecule has 4 heterocycles. The number of rotatable bonds is 5. The minimum Gasteiger partial charge on any atom is -0.488 e. The summed E-state index contributed by atoms with van der Waals surface area (Å²) in [6.07, 6.45) is 12.2. The molecule has 1 aliphatic heterocycles. The van der Waals surface area contributed by atoms with Crippen molar-refractivity contribution in [2.75, 3.05) is 31.2 Å². The van der Waals surface area contributed by atoms with E-state index >= 15 is 0 Å². The molecule has 0 N–H and O–H groups in total. The third-order valence-electron chi connectivity index (χ3n) is 6.71. The number of furan rings is 1. The van der Waals surface area contributed by atoms with Gasteiger partial charge in [-0.2, -0.15) is 0 Å². The molecule has 4 aromatic rings. The van der Waals surface area contributed by atoms with Gasteiger partial charge in [-0.05, 0) is 37.7 Å². The molecule has 1 aliphatic carbocycles. The maximum Gasteiger partial charge on any atom is 0.170 e. The van der Waals surface area contributed by atoms with Crippen molar-refractivity contribution in [3.63, 3.8) is 0 Å². The van der Waals surface area contributed by atoms with E-state index in [4.69, 9.17) is 13.9 Å². The van der Waals surface area contributed by atoms with Gasteiger partial charge in [0, 0.05) is 49.7 Å². The van der Waals surface area contributed by atoms with Crippen LogP contribution in [0.15, 0.2) is 47.5 Å². The average Bonchev–Trinajstić information content (AvgIpc) is 3.34. The molecule has 2 aliphatic rings. The fraction of sp³-hybridized carbons (Fsp3) is 0.440. The van der Waals surface area contributed by atoms with Crippen LogP contribution in [-0.4, -0.2) is 52.3 Å². The number of hydrogen-bond acceptors (Lipinski definition) is 8. The molecule has 8 nitrogen and oxygen atoms in total. The lowest BCUT2D eigenvalue weighted by Crippen LogP contribution is -2.36. The Morgan fingerprint density at radius 2 is 1.82 bits per heavy atom. The number of ether oxygens (including phenoxy) is 2. The van der Waals surface area contributed by atoms with E-state index in [-0.39, 0.29) is 6.10 Å². The molecular formula is C25H27N5O3. The lowest BCUT2D eigenvalue weighted by molar-refractivity contribution is 0.122. The van der Waals surface area contributed by atoms with Crippen molar-refractivity contribution < 1.29 is 13.9 Å². The van der Waals surface area contributed by atoms with Crippen molar-refractivity contribution in [2.24, 2.45) is 5.92 Å². The number of anilines is 1. The second kappa shape index (κ2) is 8.94. The summed E-state index contributed by atoms with van der Waals surface area (Å²) >= 11 is 0. The minimum absolute atomic E-state index is 0.184. The molecule has 8 heteroatoms. The number of aromatic nitrogens is 4. The molecule has 6 rings (SSSR count). The molecule has 0 radical (unpaired) electrons. The molecule has 170 valence electrons. The van der Waals surface area contributed by atoms with Crippen LogP contribution in [0.3, 0.4) is 0 Å². The highest BCUT2D eigenvalue weighted by molar-refractivity contribution is 5.85. The molecule has 0 spiro atoms. The summed E-state index contributed by atoms with van der Waals surface area (Å²) < 4.78 is 17.4. The highest BCUT2D eigenvalue weighted by atomic mass is 16.5. The highest BCUT2D eigenvalue weighted by Crippen LogP contribution is 2.34. The SMILES string of the molecule is c1cnc2c(OC3CCC(Cc4ncc5occc5n4)CC3)cc(N3CCOCC3)cc2n1.